The van der Waals surface area contributed by atoms with Crippen LogP contribution in [0.5, 0.6) is 0 Å². The van der Waals surface area contributed by atoms with Crippen molar-refractivity contribution in [2.75, 3.05) is 0 Å². The van der Waals surface area contributed by atoms with E-state index in [4.69, 9.17) is 0 Å². The van der Waals surface area contributed by atoms with Gasteiger partial charge in [-0.3, -0.25) is 0 Å². The average Bonchev–Trinajstić information content (AvgIpc) is 2.85. The van der Waals surface area contributed by atoms with Crippen LogP contribution in [0.2, 0.25) is 0 Å². The van der Waals surface area contributed by atoms with Gasteiger partial charge >= 0.3 is 0 Å². The molecule has 0 aromatic rings. The summed E-state index contributed by atoms with van der Waals surface area (Å²) in [4.78, 5) is 0. The summed E-state index contributed by atoms with van der Waals surface area (Å²) < 4.78 is 0. The highest BCUT2D eigenvalue weighted by Crippen LogP contribution is 2.43. The van der Waals surface area contributed by atoms with E-state index < -0.39 is 0 Å². The van der Waals surface area contributed by atoms with Gasteiger partial charge in [0.2, 0.25) is 0 Å². The van der Waals surface area contributed by atoms with Crippen molar-refractivity contribution in [2.45, 2.75) is 81.6 Å². The van der Waals surface area contributed by atoms with E-state index in [1.807, 2.05) is 0 Å². The predicted octanol–water partition coefficient (Wildman–Crippen LogP) is 12.4. The third kappa shape index (κ3) is 15.9. The summed E-state index contributed by atoms with van der Waals surface area (Å²) >= 11 is 0. The lowest BCUT2D eigenvalue weighted by atomic mass is 9.66. The maximum atomic E-state index is 4.33. The number of allylic oxidation sites excluding steroid dienone is 25. The molecule has 0 aromatic heterocycles. The summed E-state index contributed by atoms with van der Waals surface area (Å²) in [5, 5.41) is 0. The Kier molecular flexibility index (Phi) is 16.3. The lowest BCUT2D eigenvalue weighted by Gasteiger charge is -2.38. The van der Waals surface area contributed by atoms with Crippen LogP contribution in [-0.2, 0) is 0 Å². The molecule has 1 aliphatic rings. The monoisotopic (exact) mass is 534 g/mol. The van der Waals surface area contributed by atoms with Gasteiger partial charge in [0.25, 0.3) is 0 Å². The minimum Gasteiger partial charge on any atom is -0.0992 e. The van der Waals surface area contributed by atoms with Crippen molar-refractivity contribution in [1.82, 2.24) is 0 Å². The molecule has 1 atom stereocenters. The van der Waals surface area contributed by atoms with E-state index >= 15 is 0 Å². The Hall–Kier alpha value is -3.38. The van der Waals surface area contributed by atoms with Crippen LogP contribution in [-0.4, -0.2) is 0 Å². The molecular weight excluding hydrogens is 480 g/mol. The summed E-state index contributed by atoms with van der Waals surface area (Å²) in [5.74, 6) is 0.473. The van der Waals surface area contributed by atoms with E-state index in [0.29, 0.717) is 11.3 Å². The van der Waals surface area contributed by atoms with Crippen LogP contribution in [0.1, 0.15) is 81.6 Å². The summed E-state index contributed by atoms with van der Waals surface area (Å²) in [6.45, 7) is 23.9. The molecule has 1 aliphatic carbocycles. The van der Waals surface area contributed by atoms with Crippen LogP contribution in [0.3, 0.4) is 0 Å². The first-order chi connectivity index (χ1) is 18.9. The molecule has 0 heteroatoms. The Morgan fingerprint density at radius 2 is 0.950 bits per heavy atom. The largest absolute Gasteiger partial charge is 0.0992 e. The molecule has 0 spiro atoms. The molecule has 214 valence electrons. The first-order valence-corrected chi connectivity index (χ1v) is 14.6. The van der Waals surface area contributed by atoms with E-state index in [1.54, 1.807) is 0 Å². The maximum Gasteiger partial charge on any atom is 0.00285 e. The Morgan fingerprint density at radius 1 is 0.575 bits per heavy atom. The van der Waals surface area contributed by atoms with Crippen molar-refractivity contribution < 1.29 is 0 Å². The molecule has 40 heavy (non-hydrogen) atoms. The first-order valence-electron chi connectivity index (χ1n) is 14.6. The van der Waals surface area contributed by atoms with Crippen LogP contribution in [0.4, 0.5) is 0 Å². The van der Waals surface area contributed by atoms with E-state index in [-0.39, 0.29) is 0 Å². The normalized spacial score (nSPS) is 20.5. The summed E-state index contributed by atoms with van der Waals surface area (Å²) in [6, 6.07) is 0. The summed E-state index contributed by atoms with van der Waals surface area (Å²) in [7, 11) is 0. The lowest BCUT2D eigenvalue weighted by Crippen LogP contribution is -2.27. The topological polar surface area (TPSA) is 0 Å². The molecule has 0 N–H and O–H groups in total. The smallest absolute Gasteiger partial charge is 0.00285 e. The highest BCUT2D eigenvalue weighted by atomic mass is 14.4. The van der Waals surface area contributed by atoms with Crippen molar-refractivity contribution in [1.29, 1.82) is 0 Å². The van der Waals surface area contributed by atoms with E-state index in [2.05, 4.69) is 178 Å². The molecule has 0 saturated heterocycles. The van der Waals surface area contributed by atoms with Crippen LogP contribution in [0.15, 0.2) is 155 Å². The second kappa shape index (κ2) is 18.8. The molecule has 0 heterocycles. The van der Waals surface area contributed by atoms with Gasteiger partial charge in [0.05, 0.1) is 0 Å². The van der Waals surface area contributed by atoms with E-state index in [0.717, 1.165) is 6.42 Å². The summed E-state index contributed by atoms with van der Waals surface area (Å²) in [6.07, 6.45) is 42.3. The van der Waals surface area contributed by atoms with Gasteiger partial charge in [-0.25, -0.2) is 0 Å². The number of hydrogen-bond donors (Lipinski definition) is 0. The molecule has 1 saturated carbocycles. The van der Waals surface area contributed by atoms with Gasteiger partial charge in [0.1, 0.15) is 0 Å². The van der Waals surface area contributed by atoms with Crippen molar-refractivity contribution in [3.63, 3.8) is 0 Å². The molecule has 0 nitrogen and oxygen atoms in total. The van der Waals surface area contributed by atoms with Crippen LogP contribution < -0.4 is 0 Å². The molecular formula is C40H54. The number of rotatable bonds is 12. The molecule has 1 fully saturated rings. The minimum atomic E-state index is 0.309. The molecule has 0 aromatic carbocycles. The van der Waals surface area contributed by atoms with Crippen molar-refractivity contribution >= 4 is 0 Å². The zero-order valence-corrected chi connectivity index (χ0v) is 26.8. The highest BCUT2D eigenvalue weighted by Gasteiger charge is 2.32. The van der Waals surface area contributed by atoms with Crippen LogP contribution in [0.25, 0.3) is 0 Å². The zero-order chi connectivity index (χ0) is 30.0. The van der Waals surface area contributed by atoms with Gasteiger partial charge in [0, 0.05) is 5.92 Å². The second-order valence-electron chi connectivity index (χ2n) is 12.0. The van der Waals surface area contributed by atoms with Gasteiger partial charge in [0.15, 0.2) is 0 Å². The van der Waals surface area contributed by atoms with Gasteiger partial charge < -0.3 is 0 Å². The first kappa shape index (κ1) is 34.6. The van der Waals surface area contributed by atoms with Crippen molar-refractivity contribution in [2.24, 2.45) is 11.3 Å². The summed E-state index contributed by atoms with van der Waals surface area (Å²) in [5.41, 5.74) is 9.12. The molecule has 0 aliphatic heterocycles. The second-order valence-corrected chi connectivity index (χ2v) is 12.0. The van der Waals surface area contributed by atoms with Crippen LogP contribution in [0, 0.1) is 11.3 Å². The molecule has 1 rings (SSSR count). The fourth-order valence-electron chi connectivity index (χ4n) is 4.42. The van der Waals surface area contributed by atoms with Gasteiger partial charge in [-0.2, -0.15) is 0 Å². The predicted molar refractivity (Wildman–Crippen MR) is 183 cm³/mol. The molecule has 1 unspecified atom stereocenters. The van der Waals surface area contributed by atoms with Gasteiger partial charge in [-0.1, -0.05) is 169 Å². The van der Waals surface area contributed by atoms with Gasteiger partial charge in [-0.15, -0.1) is 0 Å². The SMILES string of the molecule is C=C1CCCC(C)(C)C1C=CC(C)=CC=CC(C)=CC=CC=C(C)C=CC=C(C)C=CC=C(C)C=CC=C(C)C. The fourth-order valence-corrected chi connectivity index (χ4v) is 4.42. The number of hydrogen-bond acceptors (Lipinski definition) is 0. The fraction of sp³-hybridized carbons (Fsp3) is 0.350. The van der Waals surface area contributed by atoms with Crippen molar-refractivity contribution in [3.8, 4) is 0 Å². The average molecular weight is 535 g/mol. The Balaban J connectivity index is 2.59. The third-order valence-corrected chi connectivity index (χ3v) is 6.93. The van der Waals surface area contributed by atoms with Gasteiger partial charge in [-0.05, 0) is 73.1 Å². The van der Waals surface area contributed by atoms with Crippen molar-refractivity contribution in [3.05, 3.63) is 155 Å². The Bertz CT molecular complexity index is 1190. The van der Waals surface area contributed by atoms with Crippen LogP contribution >= 0.6 is 0 Å². The molecule has 0 amide bonds. The maximum absolute atomic E-state index is 4.33. The Labute approximate surface area is 247 Å². The quantitative estimate of drug-likeness (QED) is 0.172. The van der Waals surface area contributed by atoms with E-state index in [9.17, 15) is 0 Å². The standard InChI is InChI=1S/C40H54/c1-32(2)18-13-21-35(5)24-15-26-36(6)25-14-22-33(3)19-11-12-20-34(4)23-16-27-37(7)29-30-39-38(8)28-17-31-40(39,9)10/h11-16,18-27,29-30,39H,8,17,28,31H2,1-7,9-10H3. The third-order valence-electron chi connectivity index (χ3n) is 6.93. The molecule has 0 radical (unpaired) electrons. The lowest BCUT2D eigenvalue weighted by molar-refractivity contribution is 0.228. The minimum absolute atomic E-state index is 0.309. The Morgan fingerprint density at radius 3 is 1.35 bits per heavy atom. The highest BCUT2D eigenvalue weighted by molar-refractivity contribution is 5.33. The molecule has 0 bridgehead atoms. The zero-order valence-electron chi connectivity index (χ0n) is 26.8. The van der Waals surface area contributed by atoms with E-state index in [1.165, 1.54) is 51.9 Å².